The molecule has 0 radical (unpaired) electrons. The van der Waals surface area contributed by atoms with E-state index in [1.54, 1.807) is 6.07 Å². The fraction of sp³-hybridized carbons (Fsp3) is 0.318. The summed E-state index contributed by atoms with van der Waals surface area (Å²) in [6, 6.07) is 9.12. The average molecular weight is 467 g/mol. The topological polar surface area (TPSA) is 169 Å². The molecule has 1 heterocycles. The van der Waals surface area contributed by atoms with Gasteiger partial charge in [-0.1, -0.05) is 12.8 Å². The SMILES string of the molecule is N#Cc1cc([N+](=O)[O-])ccc1NC(=O)COC(=O)c1ccc(N2CCCCCC2)c([N+](=O)[O-])c1. The van der Waals surface area contributed by atoms with Crippen molar-refractivity contribution in [2.75, 3.05) is 29.9 Å². The van der Waals surface area contributed by atoms with Gasteiger partial charge in [-0.3, -0.25) is 25.0 Å². The van der Waals surface area contributed by atoms with Gasteiger partial charge in [-0.15, -0.1) is 0 Å². The van der Waals surface area contributed by atoms with Gasteiger partial charge in [-0.25, -0.2) is 4.79 Å². The van der Waals surface area contributed by atoms with Crippen LogP contribution in [0.2, 0.25) is 0 Å². The number of benzene rings is 2. The van der Waals surface area contributed by atoms with Crippen molar-refractivity contribution in [3.63, 3.8) is 0 Å². The van der Waals surface area contributed by atoms with E-state index in [0.717, 1.165) is 43.9 Å². The van der Waals surface area contributed by atoms with Crippen LogP contribution in [0, 0.1) is 31.6 Å². The van der Waals surface area contributed by atoms with Crippen LogP contribution in [0.25, 0.3) is 0 Å². The number of nitrogens with one attached hydrogen (secondary N) is 1. The third-order valence-corrected chi connectivity index (χ3v) is 5.30. The van der Waals surface area contributed by atoms with Gasteiger partial charge in [0.15, 0.2) is 6.61 Å². The number of hydrogen-bond donors (Lipinski definition) is 1. The first-order chi connectivity index (χ1) is 16.3. The highest BCUT2D eigenvalue weighted by Gasteiger charge is 2.23. The highest BCUT2D eigenvalue weighted by Crippen LogP contribution is 2.31. The van der Waals surface area contributed by atoms with Crippen molar-refractivity contribution < 1.29 is 24.2 Å². The van der Waals surface area contributed by atoms with E-state index in [-0.39, 0.29) is 28.2 Å². The minimum absolute atomic E-state index is 0.0200. The number of non-ortho nitro benzene ring substituents is 1. The molecule has 1 fully saturated rings. The molecule has 3 rings (SSSR count). The van der Waals surface area contributed by atoms with Crippen molar-refractivity contribution in [2.24, 2.45) is 0 Å². The minimum atomic E-state index is -0.926. The lowest BCUT2D eigenvalue weighted by Gasteiger charge is -2.22. The second-order valence-corrected chi connectivity index (χ2v) is 7.58. The number of amides is 1. The standard InChI is InChI=1S/C22H21N5O7/c23-13-16-11-17(26(30)31)6-7-18(16)24-21(28)14-34-22(29)15-5-8-19(20(12-15)27(32)33)25-9-3-1-2-4-10-25/h5-8,11-12H,1-4,9-10,14H2,(H,24,28). The predicted molar refractivity (Wildman–Crippen MR) is 121 cm³/mol. The summed E-state index contributed by atoms with van der Waals surface area (Å²) in [5.41, 5.74) is -0.286. The van der Waals surface area contributed by atoms with Gasteiger partial charge >= 0.3 is 5.97 Å². The molecule has 0 unspecified atom stereocenters. The number of ether oxygens (including phenoxy) is 1. The third kappa shape index (κ3) is 5.83. The number of nitriles is 1. The summed E-state index contributed by atoms with van der Waals surface area (Å²) in [5.74, 6) is -1.71. The van der Waals surface area contributed by atoms with E-state index >= 15 is 0 Å². The number of carbonyl (C=O) groups is 2. The van der Waals surface area contributed by atoms with Gasteiger partial charge in [-0.2, -0.15) is 5.26 Å². The molecule has 2 aromatic rings. The number of carbonyl (C=O) groups excluding carboxylic acids is 2. The summed E-state index contributed by atoms with van der Waals surface area (Å²) >= 11 is 0. The molecule has 1 amide bonds. The molecule has 0 atom stereocenters. The van der Waals surface area contributed by atoms with E-state index in [2.05, 4.69) is 5.32 Å². The maximum Gasteiger partial charge on any atom is 0.338 e. The maximum absolute atomic E-state index is 12.4. The van der Waals surface area contributed by atoms with Crippen LogP contribution in [-0.4, -0.2) is 41.4 Å². The zero-order valence-electron chi connectivity index (χ0n) is 18.1. The zero-order valence-corrected chi connectivity index (χ0v) is 18.1. The van der Waals surface area contributed by atoms with Gasteiger partial charge in [0, 0.05) is 31.3 Å². The van der Waals surface area contributed by atoms with E-state index in [0.29, 0.717) is 18.8 Å². The number of nitro benzene ring substituents is 2. The molecule has 0 aliphatic carbocycles. The van der Waals surface area contributed by atoms with Gasteiger partial charge in [-0.05, 0) is 31.0 Å². The Hall–Kier alpha value is -4.53. The Balaban J connectivity index is 1.67. The second-order valence-electron chi connectivity index (χ2n) is 7.58. The normalized spacial score (nSPS) is 13.3. The van der Waals surface area contributed by atoms with Crippen molar-refractivity contribution in [1.29, 1.82) is 5.26 Å². The smallest absolute Gasteiger partial charge is 0.338 e. The third-order valence-electron chi connectivity index (χ3n) is 5.30. The van der Waals surface area contributed by atoms with Crippen LogP contribution >= 0.6 is 0 Å². The Morgan fingerprint density at radius 3 is 2.35 bits per heavy atom. The average Bonchev–Trinajstić information content (AvgIpc) is 3.11. The molecule has 1 saturated heterocycles. The van der Waals surface area contributed by atoms with Crippen molar-refractivity contribution in [2.45, 2.75) is 25.7 Å². The van der Waals surface area contributed by atoms with Crippen LogP contribution in [0.3, 0.4) is 0 Å². The van der Waals surface area contributed by atoms with Crippen molar-refractivity contribution in [1.82, 2.24) is 0 Å². The molecule has 176 valence electrons. The van der Waals surface area contributed by atoms with E-state index in [1.807, 2.05) is 4.90 Å². The van der Waals surface area contributed by atoms with Crippen LogP contribution in [0.4, 0.5) is 22.7 Å². The van der Waals surface area contributed by atoms with E-state index < -0.39 is 28.3 Å². The largest absolute Gasteiger partial charge is 0.452 e. The molecular formula is C22H21N5O7. The fourth-order valence-electron chi connectivity index (χ4n) is 3.62. The molecule has 0 spiro atoms. The second kappa shape index (κ2) is 10.9. The summed E-state index contributed by atoms with van der Waals surface area (Å²) < 4.78 is 4.96. The molecule has 12 heteroatoms. The molecule has 0 saturated carbocycles. The molecule has 1 aliphatic rings. The van der Waals surface area contributed by atoms with Gasteiger partial charge < -0.3 is 15.0 Å². The Morgan fingerprint density at radius 1 is 1.03 bits per heavy atom. The fourth-order valence-corrected chi connectivity index (χ4v) is 3.62. The lowest BCUT2D eigenvalue weighted by atomic mass is 10.1. The van der Waals surface area contributed by atoms with E-state index in [9.17, 15) is 29.8 Å². The van der Waals surface area contributed by atoms with Crippen LogP contribution in [-0.2, 0) is 9.53 Å². The van der Waals surface area contributed by atoms with Crippen LogP contribution in [0.1, 0.15) is 41.6 Å². The lowest BCUT2D eigenvalue weighted by molar-refractivity contribution is -0.384. The Labute approximate surface area is 194 Å². The number of nitro groups is 2. The van der Waals surface area contributed by atoms with Gasteiger partial charge in [0.25, 0.3) is 17.3 Å². The molecule has 1 N–H and O–H groups in total. The number of esters is 1. The van der Waals surface area contributed by atoms with Gasteiger partial charge in [0.2, 0.25) is 0 Å². The first kappa shape index (κ1) is 24.1. The molecule has 12 nitrogen and oxygen atoms in total. The Bertz CT molecular complexity index is 1170. The molecule has 34 heavy (non-hydrogen) atoms. The Kier molecular flexibility index (Phi) is 7.71. The molecule has 0 aromatic heterocycles. The van der Waals surface area contributed by atoms with Gasteiger partial charge in [0.1, 0.15) is 11.8 Å². The quantitative estimate of drug-likeness (QED) is 0.363. The maximum atomic E-state index is 12.4. The van der Waals surface area contributed by atoms with Crippen molar-refractivity contribution in [3.05, 3.63) is 67.8 Å². The number of anilines is 2. The molecular weight excluding hydrogens is 446 g/mol. The van der Waals surface area contributed by atoms with Crippen LogP contribution in [0.15, 0.2) is 36.4 Å². The van der Waals surface area contributed by atoms with Crippen LogP contribution in [0.5, 0.6) is 0 Å². The summed E-state index contributed by atoms with van der Waals surface area (Å²) in [7, 11) is 0. The number of hydrogen-bond acceptors (Lipinski definition) is 9. The molecule has 0 bridgehead atoms. The van der Waals surface area contributed by atoms with Crippen molar-refractivity contribution >= 4 is 34.6 Å². The van der Waals surface area contributed by atoms with Crippen molar-refractivity contribution in [3.8, 4) is 6.07 Å². The van der Waals surface area contributed by atoms with Crippen LogP contribution < -0.4 is 10.2 Å². The summed E-state index contributed by atoms with van der Waals surface area (Å²) in [6.07, 6.45) is 3.98. The Morgan fingerprint density at radius 2 is 1.74 bits per heavy atom. The highest BCUT2D eigenvalue weighted by molar-refractivity contribution is 5.97. The van der Waals surface area contributed by atoms with E-state index in [4.69, 9.17) is 10.00 Å². The lowest BCUT2D eigenvalue weighted by Crippen LogP contribution is -2.25. The summed E-state index contributed by atoms with van der Waals surface area (Å²) in [5, 5.41) is 33.9. The zero-order chi connectivity index (χ0) is 24.7. The summed E-state index contributed by atoms with van der Waals surface area (Å²) in [6.45, 7) is 0.665. The monoisotopic (exact) mass is 467 g/mol. The highest BCUT2D eigenvalue weighted by atomic mass is 16.6. The number of rotatable bonds is 7. The molecule has 1 aliphatic heterocycles. The summed E-state index contributed by atoms with van der Waals surface area (Å²) in [4.78, 5) is 47.7. The predicted octanol–water partition coefficient (Wildman–Crippen LogP) is 3.55. The van der Waals surface area contributed by atoms with Gasteiger partial charge in [0.05, 0.1) is 26.7 Å². The first-order valence-electron chi connectivity index (χ1n) is 10.5. The number of nitrogens with zero attached hydrogens (tertiary/aromatic N) is 4. The first-order valence-corrected chi connectivity index (χ1v) is 10.5. The van der Waals surface area contributed by atoms with E-state index in [1.165, 1.54) is 18.2 Å². The molecule has 2 aromatic carbocycles. The minimum Gasteiger partial charge on any atom is -0.452 e.